The van der Waals surface area contributed by atoms with Crippen molar-refractivity contribution in [1.82, 2.24) is 0 Å². The number of unbranched alkanes of at least 4 members (excludes halogenated alkanes) is 6. The summed E-state index contributed by atoms with van der Waals surface area (Å²) in [6.45, 7) is 2.47. The molecule has 26 heavy (non-hydrogen) atoms. The quantitative estimate of drug-likeness (QED) is 0.136. The Morgan fingerprint density at radius 2 is 1.04 bits per heavy atom. The van der Waals surface area contributed by atoms with Gasteiger partial charge in [0.1, 0.15) is 0 Å². The zero-order valence-corrected chi connectivity index (χ0v) is 14.5. The van der Waals surface area contributed by atoms with Crippen LogP contribution in [0.5, 0.6) is 0 Å². The Morgan fingerprint density at radius 1 is 0.654 bits per heavy atom. The normalized spacial score (nSPS) is 14.1. The predicted octanol–water partition coefficient (Wildman–Crippen LogP) is 7.63. The van der Waals surface area contributed by atoms with Crippen molar-refractivity contribution in [1.29, 1.82) is 0 Å². The van der Waals surface area contributed by atoms with E-state index in [-0.39, 0.29) is 12.8 Å². The van der Waals surface area contributed by atoms with Crippen molar-refractivity contribution in [2.24, 2.45) is 0 Å². The van der Waals surface area contributed by atoms with Gasteiger partial charge >= 0.3 is 23.7 Å². The van der Waals surface area contributed by atoms with Gasteiger partial charge in [-0.1, -0.05) is 31.8 Å². The maximum Gasteiger partial charge on any atom is 0.460 e. The molecule has 0 saturated heterocycles. The van der Waals surface area contributed by atoms with Crippen molar-refractivity contribution in [2.75, 3.05) is 6.61 Å². The Morgan fingerprint density at radius 3 is 1.42 bits per heavy atom. The number of rotatable bonds is 12. The van der Waals surface area contributed by atoms with Crippen LogP contribution < -0.4 is 0 Å². The number of halogens is 10. The van der Waals surface area contributed by atoms with Gasteiger partial charge in [-0.2, -0.15) is 43.9 Å². The SMILES string of the molecule is C=CCCCCCCCCOP(C(F)(F)C(F)(F)F)C(F)(F)C(F)(F)F. The number of allylic oxidation sites excluding steroid dienone is 1. The van der Waals surface area contributed by atoms with Crippen LogP contribution in [0.3, 0.4) is 0 Å². The van der Waals surface area contributed by atoms with Crippen LogP contribution >= 0.6 is 8.15 Å². The van der Waals surface area contributed by atoms with Gasteiger partial charge in [0.2, 0.25) is 0 Å². The molecule has 0 aliphatic rings. The third-order valence-corrected chi connectivity index (χ3v) is 5.18. The first-order valence-electron chi connectivity index (χ1n) is 7.62. The summed E-state index contributed by atoms with van der Waals surface area (Å²) in [5.74, 6) is 0. The molecule has 0 aromatic heterocycles. The third kappa shape index (κ3) is 7.21. The monoisotopic (exact) mass is 424 g/mol. The molecule has 0 fully saturated rings. The van der Waals surface area contributed by atoms with E-state index in [0.29, 0.717) is 12.8 Å². The molecule has 0 amide bonds. The molecule has 0 N–H and O–H groups in total. The molecule has 0 spiro atoms. The molecule has 0 saturated carbocycles. The van der Waals surface area contributed by atoms with Gasteiger partial charge in [0.05, 0.1) is 6.61 Å². The van der Waals surface area contributed by atoms with Crippen molar-refractivity contribution in [3.05, 3.63) is 12.7 Å². The van der Waals surface area contributed by atoms with Gasteiger partial charge in [-0.3, -0.25) is 0 Å². The lowest BCUT2D eigenvalue weighted by Crippen LogP contribution is -2.45. The minimum Gasteiger partial charge on any atom is -0.348 e. The van der Waals surface area contributed by atoms with Gasteiger partial charge in [0, 0.05) is 0 Å². The molecule has 12 heteroatoms. The van der Waals surface area contributed by atoms with E-state index in [4.69, 9.17) is 0 Å². The Labute approximate surface area is 145 Å². The molecule has 0 heterocycles. The van der Waals surface area contributed by atoms with Crippen molar-refractivity contribution in [3.63, 3.8) is 0 Å². The molecule has 0 unspecified atom stereocenters. The first-order valence-corrected chi connectivity index (χ1v) is 8.88. The standard InChI is InChI=1S/C14H19F10OP/c1-2-3-4-5-6-7-8-9-10-25-26(13(21,22)11(15,16)17)14(23,24)12(18,19)20/h2H,1,3-10H2. The van der Waals surface area contributed by atoms with Crippen LogP contribution in [0.25, 0.3) is 0 Å². The highest BCUT2D eigenvalue weighted by atomic mass is 31.1. The van der Waals surface area contributed by atoms with E-state index < -0.39 is 38.4 Å². The molecule has 156 valence electrons. The van der Waals surface area contributed by atoms with Crippen LogP contribution in [0.1, 0.15) is 44.9 Å². The number of alkyl halides is 10. The van der Waals surface area contributed by atoms with E-state index in [2.05, 4.69) is 11.1 Å². The molecule has 0 bridgehead atoms. The first-order chi connectivity index (χ1) is 11.7. The summed E-state index contributed by atoms with van der Waals surface area (Å²) in [5, 5.41) is 0. The van der Waals surface area contributed by atoms with Crippen molar-refractivity contribution < 1.29 is 48.4 Å². The fourth-order valence-corrected chi connectivity index (χ4v) is 3.27. The molecule has 0 atom stereocenters. The van der Waals surface area contributed by atoms with Gasteiger partial charge in [-0.25, -0.2) is 0 Å². The molecule has 0 aliphatic heterocycles. The average molecular weight is 424 g/mol. The zero-order valence-electron chi connectivity index (χ0n) is 13.6. The van der Waals surface area contributed by atoms with Crippen molar-refractivity contribution in [2.45, 2.75) is 68.6 Å². The molecule has 0 rings (SSSR count). The van der Waals surface area contributed by atoms with Gasteiger partial charge in [-0.15, -0.1) is 6.58 Å². The summed E-state index contributed by atoms with van der Waals surface area (Å²) >= 11 is 0. The molecular formula is C14H19F10OP. The molecular weight excluding hydrogens is 405 g/mol. The second-order valence-electron chi connectivity index (χ2n) is 5.40. The van der Waals surface area contributed by atoms with Gasteiger partial charge in [0.25, 0.3) is 0 Å². The highest BCUT2D eigenvalue weighted by Gasteiger charge is 2.77. The largest absolute Gasteiger partial charge is 0.460 e. The minimum atomic E-state index is -6.58. The Bertz CT molecular complexity index is 393. The summed E-state index contributed by atoms with van der Waals surface area (Å²) in [4.78, 5) is 0. The van der Waals surface area contributed by atoms with E-state index in [1.807, 2.05) is 0 Å². The lowest BCUT2D eigenvalue weighted by Gasteiger charge is -2.34. The fourth-order valence-electron chi connectivity index (χ4n) is 1.82. The van der Waals surface area contributed by atoms with E-state index in [1.54, 1.807) is 6.08 Å². The molecule has 0 aromatic carbocycles. The number of hydrogen-bond acceptors (Lipinski definition) is 1. The Hall–Kier alpha value is -0.570. The third-order valence-electron chi connectivity index (χ3n) is 3.22. The highest BCUT2D eigenvalue weighted by Crippen LogP contribution is 2.71. The topological polar surface area (TPSA) is 9.23 Å². The highest BCUT2D eigenvalue weighted by molar-refractivity contribution is 7.55. The van der Waals surface area contributed by atoms with Gasteiger partial charge in [-0.05, 0) is 19.3 Å². The number of hydrogen-bond donors (Lipinski definition) is 0. The second kappa shape index (κ2) is 10.1. The lowest BCUT2D eigenvalue weighted by atomic mass is 10.1. The second-order valence-corrected chi connectivity index (χ2v) is 7.37. The van der Waals surface area contributed by atoms with Crippen LogP contribution in [0.15, 0.2) is 12.7 Å². The maximum atomic E-state index is 13.2. The van der Waals surface area contributed by atoms with Crippen molar-refractivity contribution in [3.8, 4) is 0 Å². The van der Waals surface area contributed by atoms with Gasteiger partial charge < -0.3 is 4.52 Å². The van der Waals surface area contributed by atoms with E-state index in [9.17, 15) is 43.9 Å². The Kier molecular flexibility index (Phi) is 9.88. The lowest BCUT2D eigenvalue weighted by molar-refractivity contribution is -0.267. The summed E-state index contributed by atoms with van der Waals surface area (Å²) < 4.78 is 130. The summed E-state index contributed by atoms with van der Waals surface area (Å²) in [6, 6.07) is 0. The van der Waals surface area contributed by atoms with E-state index in [1.165, 1.54) is 0 Å². The fraction of sp³-hybridized carbons (Fsp3) is 0.857. The average Bonchev–Trinajstić information content (AvgIpc) is 2.46. The molecule has 0 aromatic rings. The van der Waals surface area contributed by atoms with Crippen LogP contribution in [0.4, 0.5) is 43.9 Å². The maximum absolute atomic E-state index is 13.2. The molecule has 1 nitrogen and oxygen atoms in total. The van der Waals surface area contributed by atoms with Gasteiger partial charge in [0.15, 0.2) is 8.15 Å². The summed E-state index contributed by atoms with van der Waals surface area (Å²) in [7, 11) is -5.48. The molecule has 0 aliphatic carbocycles. The van der Waals surface area contributed by atoms with Crippen LogP contribution in [0.2, 0.25) is 0 Å². The van der Waals surface area contributed by atoms with Crippen LogP contribution in [0, 0.1) is 0 Å². The van der Waals surface area contributed by atoms with Crippen LogP contribution in [-0.2, 0) is 4.52 Å². The minimum absolute atomic E-state index is 0.206. The predicted molar refractivity (Wildman–Crippen MR) is 77.4 cm³/mol. The Balaban J connectivity index is 4.75. The smallest absolute Gasteiger partial charge is 0.348 e. The summed E-state index contributed by atoms with van der Waals surface area (Å²) in [5.41, 5.74) is -12.6. The first kappa shape index (κ1) is 25.4. The van der Waals surface area contributed by atoms with Crippen molar-refractivity contribution >= 4 is 8.15 Å². The molecule has 0 radical (unpaired) electrons. The van der Waals surface area contributed by atoms with E-state index in [0.717, 1.165) is 19.3 Å². The summed E-state index contributed by atoms with van der Waals surface area (Å²) in [6.07, 6.45) is -7.78. The zero-order chi connectivity index (χ0) is 20.6. The van der Waals surface area contributed by atoms with E-state index >= 15 is 0 Å². The van der Waals surface area contributed by atoms with Crippen LogP contribution in [-0.4, -0.2) is 30.3 Å².